The zero-order chi connectivity index (χ0) is 14.0. The van der Waals surface area contributed by atoms with E-state index >= 15 is 0 Å². The van der Waals surface area contributed by atoms with Crippen molar-refractivity contribution in [2.75, 3.05) is 14.1 Å². The van der Waals surface area contributed by atoms with Gasteiger partial charge in [0.1, 0.15) is 0 Å². The summed E-state index contributed by atoms with van der Waals surface area (Å²) < 4.78 is 2.02. The van der Waals surface area contributed by atoms with Crippen LogP contribution >= 0.6 is 11.3 Å². The van der Waals surface area contributed by atoms with Crippen LogP contribution in [-0.2, 0) is 6.42 Å². The minimum Gasteiger partial charge on any atom is -0.391 e. The Morgan fingerprint density at radius 3 is 2.63 bits per heavy atom. The number of aliphatic hydroxyl groups excluding tert-OH is 1. The highest BCUT2D eigenvalue weighted by atomic mass is 32.1. The van der Waals surface area contributed by atoms with E-state index in [4.69, 9.17) is 0 Å². The zero-order valence-corrected chi connectivity index (χ0v) is 12.9. The number of likely N-dealkylation sites (N-methyl/N-ethyl adjacent to an activating group) is 1. The van der Waals surface area contributed by atoms with Gasteiger partial charge >= 0.3 is 0 Å². The molecule has 19 heavy (non-hydrogen) atoms. The number of aliphatic hydroxyl groups is 1. The average molecular weight is 281 g/mol. The van der Waals surface area contributed by atoms with Crippen molar-refractivity contribution in [1.82, 2.24) is 14.3 Å². The summed E-state index contributed by atoms with van der Waals surface area (Å²) in [7, 11) is 4.09. The topological polar surface area (TPSA) is 40.8 Å². The Hall–Kier alpha value is -0.910. The minimum absolute atomic E-state index is 0.170. The normalized spacial score (nSPS) is 14.4. The number of thiazole rings is 1. The molecule has 0 aliphatic heterocycles. The van der Waals surface area contributed by atoms with E-state index < -0.39 is 6.10 Å². The van der Waals surface area contributed by atoms with Crippen molar-refractivity contribution in [3.8, 4) is 0 Å². The van der Waals surface area contributed by atoms with E-state index in [1.807, 2.05) is 36.3 Å². The molecule has 2 rings (SSSR count). The third-order valence-corrected chi connectivity index (χ3v) is 5.05. The van der Waals surface area contributed by atoms with Gasteiger partial charge < -0.3 is 10.0 Å². The Balaban J connectivity index is 2.19. The fourth-order valence-electron chi connectivity index (χ4n) is 2.91. The van der Waals surface area contributed by atoms with E-state index in [9.17, 15) is 5.11 Å². The van der Waals surface area contributed by atoms with Gasteiger partial charge in [-0.05, 0) is 26.9 Å². The number of hydrogen-bond donors (Lipinski definition) is 1. The molecule has 0 radical (unpaired) electrons. The van der Waals surface area contributed by atoms with Crippen LogP contribution in [0.4, 0.5) is 0 Å². The van der Waals surface area contributed by atoms with E-state index in [2.05, 4.69) is 23.7 Å². The molecule has 0 amide bonds. The molecular formula is C14H23N3OS. The van der Waals surface area contributed by atoms with Crippen LogP contribution in [0.2, 0.25) is 0 Å². The molecule has 0 fully saturated rings. The van der Waals surface area contributed by atoms with Gasteiger partial charge in [0.2, 0.25) is 0 Å². The van der Waals surface area contributed by atoms with Gasteiger partial charge in [0.25, 0.3) is 0 Å². The number of nitrogens with zero attached hydrogens (tertiary/aromatic N) is 3. The summed E-state index contributed by atoms with van der Waals surface area (Å²) in [6.07, 6.45) is 6.08. The van der Waals surface area contributed by atoms with E-state index in [0.29, 0.717) is 6.42 Å². The maximum atomic E-state index is 10.7. The predicted octanol–water partition coefficient (Wildman–Crippen LogP) is 2.42. The largest absolute Gasteiger partial charge is 0.391 e. The van der Waals surface area contributed by atoms with Gasteiger partial charge in [0.05, 0.1) is 11.8 Å². The third kappa shape index (κ3) is 2.55. The predicted molar refractivity (Wildman–Crippen MR) is 79.8 cm³/mol. The summed E-state index contributed by atoms with van der Waals surface area (Å²) in [4.78, 5) is 7.70. The highest BCUT2D eigenvalue weighted by molar-refractivity contribution is 7.15. The summed E-state index contributed by atoms with van der Waals surface area (Å²) in [5.74, 6) is 0. The highest BCUT2D eigenvalue weighted by Gasteiger charge is 2.37. The molecule has 0 saturated carbocycles. The Labute approximate surface area is 118 Å². The molecule has 2 heterocycles. The highest BCUT2D eigenvalue weighted by Crippen LogP contribution is 2.28. The van der Waals surface area contributed by atoms with Crippen molar-refractivity contribution in [2.24, 2.45) is 0 Å². The van der Waals surface area contributed by atoms with Crippen molar-refractivity contribution in [2.45, 2.75) is 44.8 Å². The van der Waals surface area contributed by atoms with Crippen molar-refractivity contribution >= 4 is 16.3 Å². The molecule has 2 aromatic rings. The van der Waals surface area contributed by atoms with E-state index in [1.54, 1.807) is 11.3 Å². The molecule has 0 bridgehead atoms. The molecule has 0 aromatic carbocycles. The molecule has 1 atom stereocenters. The van der Waals surface area contributed by atoms with Crippen LogP contribution in [-0.4, -0.2) is 45.1 Å². The first-order valence-corrected chi connectivity index (χ1v) is 7.68. The van der Waals surface area contributed by atoms with Gasteiger partial charge in [-0.1, -0.05) is 13.8 Å². The molecule has 1 unspecified atom stereocenters. The lowest BCUT2D eigenvalue weighted by molar-refractivity contribution is -0.0130. The Kier molecular flexibility index (Phi) is 4.28. The number of imidazole rings is 1. The maximum Gasteiger partial charge on any atom is 0.193 e. The molecule has 0 saturated heterocycles. The monoisotopic (exact) mass is 281 g/mol. The van der Waals surface area contributed by atoms with E-state index in [0.717, 1.165) is 23.5 Å². The van der Waals surface area contributed by atoms with E-state index in [1.165, 1.54) is 0 Å². The molecule has 2 aromatic heterocycles. The number of hydrogen-bond acceptors (Lipinski definition) is 4. The SMILES string of the molecule is CCC(CC)(C(O)Cc1cn2ccsc2n1)N(C)C. The second-order valence-corrected chi connectivity index (χ2v) is 6.12. The molecule has 4 nitrogen and oxygen atoms in total. The van der Waals surface area contributed by atoms with Crippen LogP contribution in [0.25, 0.3) is 4.96 Å². The van der Waals surface area contributed by atoms with Gasteiger partial charge in [-0.15, -0.1) is 11.3 Å². The second-order valence-electron chi connectivity index (χ2n) is 5.25. The fourth-order valence-corrected chi connectivity index (χ4v) is 3.63. The summed E-state index contributed by atoms with van der Waals surface area (Å²) in [5.41, 5.74) is 0.796. The summed E-state index contributed by atoms with van der Waals surface area (Å²) in [6.45, 7) is 4.27. The van der Waals surface area contributed by atoms with Gasteiger partial charge in [-0.25, -0.2) is 4.98 Å². The van der Waals surface area contributed by atoms with Crippen LogP contribution < -0.4 is 0 Å². The van der Waals surface area contributed by atoms with Gasteiger partial charge in [0.15, 0.2) is 4.96 Å². The quantitative estimate of drug-likeness (QED) is 0.884. The van der Waals surface area contributed by atoms with Crippen LogP contribution in [0, 0.1) is 0 Å². The molecule has 1 N–H and O–H groups in total. The lowest BCUT2D eigenvalue weighted by Crippen LogP contribution is -2.53. The maximum absolute atomic E-state index is 10.7. The van der Waals surface area contributed by atoms with Crippen LogP contribution in [0.1, 0.15) is 32.4 Å². The van der Waals surface area contributed by atoms with Crippen molar-refractivity contribution in [3.63, 3.8) is 0 Å². The second kappa shape index (κ2) is 5.61. The Bertz CT molecular complexity index is 499. The first-order chi connectivity index (χ1) is 9.03. The van der Waals surface area contributed by atoms with E-state index in [-0.39, 0.29) is 5.54 Å². The minimum atomic E-state index is -0.401. The molecular weight excluding hydrogens is 258 g/mol. The lowest BCUT2D eigenvalue weighted by atomic mass is 9.83. The van der Waals surface area contributed by atoms with Crippen molar-refractivity contribution < 1.29 is 5.11 Å². The smallest absolute Gasteiger partial charge is 0.193 e. The first-order valence-electron chi connectivity index (χ1n) is 6.80. The molecule has 0 aliphatic rings. The van der Waals surface area contributed by atoms with Crippen LogP contribution in [0.15, 0.2) is 17.8 Å². The Morgan fingerprint density at radius 2 is 2.11 bits per heavy atom. The fraction of sp³-hybridized carbons (Fsp3) is 0.643. The number of rotatable bonds is 6. The van der Waals surface area contributed by atoms with Gasteiger partial charge in [-0.2, -0.15) is 0 Å². The summed E-state index contributed by atoms with van der Waals surface area (Å²) in [5, 5.41) is 12.7. The number of fused-ring (bicyclic) bond motifs is 1. The summed E-state index contributed by atoms with van der Waals surface area (Å²) >= 11 is 1.62. The van der Waals surface area contributed by atoms with Crippen molar-refractivity contribution in [1.29, 1.82) is 0 Å². The van der Waals surface area contributed by atoms with Crippen molar-refractivity contribution in [3.05, 3.63) is 23.5 Å². The third-order valence-electron chi connectivity index (χ3n) is 4.28. The molecule has 106 valence electrons. The molecule has 5 heteroatoms. The zero-order valence-electron chi connectivity index (χ0n) is 12.1. The average Bonchev–Trinajstić information content (AvgIpc) is 2.91. The van der Waals surface area contributed by atoms with Crippen LogP contribution in [0.5, 0.6) is 0 Å². The molecule has 0 aliphatic carbocycles. The number of aromatic nitrogens is 2. The molecule has 0 spiro atoms. The Morgan fingerprint density at radius 1 is 1.42 bits per heavy atom. The van der Waals surface area contributed by atoms with Gasteiger partial charge in [-0.3, -0.25) is 4.40 Å². The first kappa shape index (κ1) is 14.5. The summed E-state index contributed by atoms with van der Waals surface area (Å²) in [6, 6.07) is 0. The standard InChI is InChI=1S/C14H23N3OS/c1-5-14(6-2,16(3)4)12(18)9-11-10-17-7-8-19-13(17)15-11/h7-8,10,12,18H,5-6,9H2,1-4H3. The lowest BCUT2D eigenvalue weighted by Gasteiger charge is -2.42. The van der Waals surface area contributed by atoms with Crippen LogP contribution in [0.3, 0.4) is 0 Å². The van der Waals surface area contributed by atoms with Gasteiger partial charge in [0, 0.05) is 29.7 Å².